The highest BCUT2D eigenvalue weighted by Gasteiger charge is 2.49. The zero-order valence-electron chi connectivity index (χ0n) is 9.70. The van der Waals surface area contributed by atoms with Gasteiger partial charge in [-0.25, -0.2) is 0 Å². The first-order valence-electron chi connectivity index (χ1n) is 6.16. The molecule has 1 heteroatoms. The van der Waals surface area contributed by atoms with Gasteiger partial charge < -0.3 is 4.74 Å². The van der Waals surface area contributed by atoms with Crippen LogP contribution in [0.15, 0.2) is 23.8 Å². The van der Waals surface area contributed by atoms with Crippen molar-refractivity contribution in [1.29, 1.82) is 0 Å². The molecule has 2 aliphatic carbocycles. The van der Waals surface area contributed by atoms with Crippen LogP contribution in [0.2, 0.25) is 0 Å². The van der Waals surface area contributed by atoms with Crippen LogP contribution in [0.5, 0.6) is 0 Å². The van der Waals surface area contributed by atoms with Crippen LogP contribution in [0.25, 0.3) is 0 Å². The van der Waals surface area contributed by atoms with E-state index in [0.717, 1.165) is 24.9 Å². The number of fused-ring (bicyclic) bond motifs is 2. The van der Waals surface area contributed by atoms with Crippen molar-refractivity contribution in [2.45, 2.75) is 39.2 Å². The molecule has 3 rings (SSSR count). The number of hydrogen-bond donors (Lipinski definition) is 0. The van der Waals surface area contributed by atoms with Crippen LogP contribution in [0.3, 0.4) is 0 Å². The van der Waals surface area contributed by atoms with Crippen LogP contribution in [0, 0.1) is 17.3 Å². The zero-order chi connectivity index (χ0) is 10.5. The Morgan fingerprint density at radius 3 is 2.87 bits per heavy atom. The highest BCUT2D eigenvalue weighted by Crippen LogP contribution is 2.56. The minimum absolute atomic E-state index is 0.397. The molecule has 4 atom stereocenters. The molecule has 0 N–H and O–H groups in total. The molecule has 0 spiro atoms. The second kappa shape index (κ2) is 3.21. The lowest BCUT2D eigenvalue weighted by atomic mass is 9.80. The molecule has 0 aromatic rings. The van der Waals surface area contributed by atoms with E-state index in [1.54, 1.807) is 5.57 Å². The van der Waals surface area contributed by atoms with Crippen molar-refractivity contribution in [2.75, 3.05) is 6.61 Å². The van der Waals surface area contributed by atoms with Gasteiger partial charge in [0.15, 0.2) is 0 Å². The van der Waals surface area contributed by atoms with Gasteiger partial charge in [0.25, 0.3) is 0 Å². The summed E-state index contributed by atoms with van der Waals surface area (Å²) in [6, 6.07) is 0. The minimum Gasteiger partial charge on any atom is -0.374 e. The van der Waals surface area contributed by atoms with Crippen molar-refractivity contribution in [3.63, 3.8) is 0 Å². The number of hydrogen-bond acceptors (Lipinski definition) is 1. The molecule has 15 heavy (non-hydrogen) atoms. The van der Waals surface area contributed by atoms with E-state index in [-0.39, 0.29) is 0 Å². The fourth-order valence-electron chi connectivity index (χ4n) is 3.86. The van der Waals surface area contributed by atoms with Gasteiger partial charge in [-0.1, -0.05) is 30.7 Å². The molecule has 1 aliphatic heterocycles. The van der Waals surface area contributed by atoms with Gasteiger partial charge in [-0.15, -0.1) is 0 Å². The van der Waals surface area contributed by atoms with Crippen LogP contribution in [0.1, 0.15) is 33.1 Å². The maximum absolute atomic E-state index is 5.89. The molecular formula is C14H20O. The lowest BCUT2D eigenvalue weighted by molar-refractivity contribution is 0.0281. The average molecular weight is 204 g/mol. The molecule has 1 heterocycles. The first-order chi connectivity index (χ1) is 7.18. The van der Waals surface area contributed by atoms with E-state index in [1.807, 2.05) is 0 Å². The lowest BCUT2D eigenvalue weighted by Crippen LogP contribution is -2.29. The van der Waals surface area contributed by atoms with Gasteiger partial charge in [0.05, 0.1) is 12.7 Å². The van der Waals surface area contributed by atoms with Gasteiger partial charge in [-0.3, -0.25) is 0 Å². The van der Waals surface area contributed by atoms with E-state index in [9.17, 15) is 0 Å². The van der Waals surface area contributed by atoms with E-state index in [0.29, 0.717) is 11.5 Å². The summed E-state index contributed by atoms with van der Waals surface area (Å²) in [5.74, 6) is 1.54. The maximum Gasteiger partial charge on any atom is 0.0790 e. The Morgan fingerprint density at radius 2 is 2.27 bits per heavy atom. The minimum atomic E-state index is 0.397. The topological polar surface area (TPSA) is 9.23 Å². The molecule has 3 aliphatic rings. The molecule has 0 saturated heterocycles. The molecule has 1 fully saturated rings. The molecule has 82 valence electrons. The van der Waals surface area contributed by atoms with Gasteiger partial charge in [0.1, 0.15) is 0 Å². The van der Waals surface area contributed by atoms with Crippen LogP contribution in [-0.4, -0.2) is 12.7 Å². The van der Waals surface area contributed by atoms with E-state index >= 15 is 0 Å². The van der Waals surface area contributed by atoms with E-state index < -0.39 is 0 Å². The predicted octanol–water partition coefficient (Wildman–Crippen LogP) is 3.32. The summed E-state index contributed by atoms with van der Waals surface area (Å²) in [6.07, 6.45) is 11.3. The summed E-state index contributed by atoms with van der Waals surface area (Å²) in [6.45, 7) is 5.63. The zero-order valence-corrected chi connectivity index (χ0v) is 9.70. The van der Waals surface area contributed by atoms with Crippen molar-refractivity contribution in [3.05, 3.63) is 23.8 Å². The smallest absolute Gasteiger partial charge is 0.0790 e. The highest BCUT2D eigenvalue weighted by molar-refractivity contribution is 5.26. The van der Waals surface area contributed by atoms with Gasteiger partial charge in [0.2, 0.25) is 0 Å². The van der Waals surface area contributed by atoms with Crippen LogP contribution < -0.4 is 0 Å². The maximum atomic E-state index is 5.89. The van der Waals surface area contributed by atoms with Gasteiger partial charge in [0, 0.05) is 0 Å². The third kappa shape index (κ3) is 1.48. The van der Waals surface area contributed by atoms with Crippen molar-refractivity contribution >= 4 is 0 Å². The SMILES string of the molecule is CC1=CC2(C)CC1C(C1C=CCCO1)C2. The first-order valence-corrected chi connectivity index (χ1v) is 6.16. The molecule has 1 nitrogen and oxygen atoms in total. The summed E-state index contributed by atoms with van der Waals surface area (Å²) in [4.78, 5) is 0. The molecule has 0 radical (unpaired) electrons. The largest absolute Gasteiger partial charge is 0.374 e. The van der Waals surface area contributed by atoms with E-state index in [1.165, 1.54) is 12.8 Å². The standard InChI is InChI=1S/C14H20O/c1-10-7-14(2)8-11(10)12(9-14)13-5-3-4-6-15-13/h3,5,7,11-13H,4,6,8-9H2,1-2H3. The Hall–Kier alpha value is -0.560. The van der Waals surface area contributed by atoms with Crippen molar-refractivity contribution in [3.8, 4) is 0 Å². The number of rotatable bonds is 1. The summed E-state index contributed by atoms with van der Waals surface area (Å²) >= 11 is 0. The summed E-state index contributed by atoms with van der Waals surface area (Å²) < 4.78 is 5.89. The molecule has 0 aromatic carbocycles. The summed E-state index contributed by atoms with van der Waals surface area (Å²) in [5, 5.41) is 0. The Labute approximate surface area is 92.2 Å². The van der Waals surface area contributed by atoms with Crippen LogP contribution in [0.4, 0.5) is 0 Å². The predicted molar refractivity (Wildman–Crippen MR) is 61.6 cm³/mol. The normalized spacial score (nSPS) is 48.4. The fraction of sp³-hybridized carbons (Fsp3) is 0.714. The van der Waals surface area contributed by atoms with E-state index in [4.69, 9.17) is 4.74 Å². The lowest BCUT2D eigenvalue weighted by Gasteiger charge is -2.31. The summed E-state index contributed by atoms with van der Waals surface area (Å²) in [5.41, 5.74) is 2.09. The molecule has 4 unspecified atom stereocenters. The van der Waals surface area contributed by atoms with Crippen molar-refractivity contribution in [2.24, 2.45) is 17.3 Å². The van der Waals surface area contributed by atoms with Crippen LogP contribution >= 0.6 is 0 Å². The quantitative estimate of drug-likeness (QED) is 0.595. The molecule has 0 aromatic heterocycles. The fourth-order valence-corrected chi connectivity index (χ4v) is 3.86. The monoisotopic (exact) mass is 204 g/mol. The second-order valence-electron chi connectivity index (χ2n) is 5.77. The van der Waals surface area contributed by atoms with Crippen molar-refractivity contribution < 1.29 is 4.74 Å². The Balaban J connectivity index is 1.82. The van der Waals surface area contributed by atoms with Gasteiger partial charge in [-0.05, 0) is 43.4 Å². The highest BCUT2D eigenvalue weighted by atomic mass is 16.5. The van der Waals surface area contributed by atoms with Gasteiger partial charge in [-0.2, -0.15) is 0 Å². The second-order valence-corrected chi connectivity index (χ2v) is 5.77. The molecule has 2 bridgehead atoms. The number of allylic oxidation sites excluding steroid dienone is 2. The van der Waals surface area contributed by atoms with Gasteiger partial charge >= 0.3 is 0 Å². The van der Waals surface area contributed by atoms with E-state index in [2.05, 4.69) is 32.1 Å². The average Bonchev–Trinajstić information content (AvgIpc) is 2.71. The number of ether oxygens (including phenoxy) is 1. The Bertz CT molecular complexity index is 328. The Morgan fingerprint density at radius 1 is 1.40 bits per heavy atom. The molecule has 1 saturated carbocycles. The molecule has 0 amide bonds. The molecular weight excluding hydrogens is 184 g/mol. The van der Waals surface area contributed by atoms with Crippen molar-refractivity contribution in [1.82, 2.24) is 0 Å². The van der Waals surface area contributed by atoms with Crippen LogP contribution in [-0.2, 0) is 4.74 Å². The summed E-state index contributed by atoms with van der Waals surface area (Å²) in [7, 11) is 0. The Kier molecular flexibility index (Phi) is 2.07. The first kappa shape index (κ1) is 9.65. The third-order valence-corrected chi connectivity index (χ3v) is 4.41. The third-order valence-electron chi connectivity index (χ3n) is 4.41.